The molecule has 0 aliphatic heterocycles. The van der Waals surface area contributed by atoms with Crippen molar-refractivity contribution >= 4 is 17.9 Å². The van der Waals surface area contributed by atoms with Crippen molar-refractivity contribution in [2.45, 2.75) is 31.4 Å². The van der Waals surface area contributed by atoms with E-state index in [0.29, 0.717) is 11.9 Å². The second-order valence-electron chi connectivity index (χ2n) is 8.11. The molecule has 0 aliphatic carbocycles. The quantitative estimate of drug-likeness (QED) is 0.216. The van der Waals surface area contributed by atoms with E-state index in [4.69, 9.17) is 9.47 Å². The van der Waals surface area contributed by atoms with Gasteiger partial charge < -0.3 is 9.47 Å². The highest BCUT2D eigenvalue weighted by Crippen LogP contribution is 2.35. The van der Waals surface area contributed by atoms with E-state index in [1.54, 1.807) is 30.6 Å². The third-order valence-corrected chi connectivity index (χ3v) is 6.33. The summed E-state index contributed by atoms with van der Waals surface area (Å²) in [7, 11) is 2.96. The molecule has 0 amide bonds. The molecule has 0 spiro atoms. The minimum Gasteiger partial charge on any atom is -0.481 e. The molecule has 0 saturated carbocycles. The summed E-state index contributed by atoms with van der Waals surface area (Å²) in [5.41, 5.74) is -0.268. The Hall–Kier alpha value is -3.78. The molecular formula is C24H23F4N7O2S. The Labute approximate surface area is 219 Å². The van der Waals surface area contributed by atoms with Gasteiger partial charge >= 0.3 is 6.18 Å². The van der Waals surface area contributed by atoms with Gasteiger partial charge in [0.25, 0.3) is 0 Å². The fraction of sp³-hybridized carbons (Fsp3) is 0.292. The number of ether oxygens (including phenoxy) is 2. The molecule has 3 heterocycles. The van der Waals surface area contributed by atoms with Crippen LogP contribution in [0.4, 0.5) is 23.5 Å². The van der Waals surface area contributed by atoms with Gasteiger partial charge in [0, 0.05) is 25.6 Å². The molecule has 1 aromatic carbocycles. The fourth-order valence-electron chi connectivity index (χ4n) is 3.55. The maximum atomic E-state index is 14.1. The lowest BCUT2D eigenvalue weighted by Gasteiger charge is -2.21. The minimum atomic E-state index is -4.90. The maximum absolute atomic E-state index is 14.1. The lowest BCUT2D eigenvalue weighted by molar-refractivity contribution is -0.140. The number of aryl methyl sites for hydroxylation is 1. The lowest BCUT2D eigenvalue weighted by atomic mass is 10.1. The molecule has 2 unspecified atom stereocenters. The van der Waals surface area contributed by atoms with Crippen molar-refractivity contribution in [3.8, 4) is 23.1 Å². The van der Waals surface area contributed by atoms with E-state index in [0.717, 1.165) is 11.6 Å². The van der Waals surface area contributed by atoms with E-state index in [2.05, 4.69) is 29.9 Å². The van der Waals surface area contributed by atoms with E-state index < -0.39 is 23.7 Å². The number of hydrogen-bond donors (Lipinski definition) is 1. The number of benzene rings is 1. The second-order valence-corrected chi connectivity index (χ2v) is 9.29. The van der Waals surface area contributed by atoms with Crippen molar-refractivity contribution in [3.63, 3.8) is 0 Å². The molecule has 0 radical (unpaired) electrons. The molecule has 4 rings (SSSR count). The van der Waals surface area contributed by atoms with Gasteiger partial charge in [-0.05, 0) is 55.6 Å². The van der Waals surface area contributed by atoms with Crippen LogP contribution >= 0.6 is 11.9 Å². The average molecular weight is 550 g/mol. The molecule has 3 aromatic heterocycles. The number of hydrogen-bond acceptors (Lipinski definition) is 9. The first kappa shape index (κ1) is 27.3. The largest absolute Gasteiger partial charge is 0.481 e. The molecule has 1 N–H and O–H groups in total. The van der Waals surface area contributed by atoms with Gasteiger partial charge in [-0.1, -0.05) is 6.07 Å². The Balaban J connectivity index is 1.72. The molecule has 200 valence electrons. The summed E-state index contributed by atoms with van der Waals surface area (Å²) in [4.78, 5) is 13.0. The van der Waals surface area contributed by atoms with Crippen molar-refractivity contribution in [1.29, 1.82) is 0 Å². The van der Waals surface area contributed by atoms with Gasteiger partial charge in [0.15, 0.2) is 11.6 Å². The molecule has 0 saturated heterocycles. The van der Waals surface area contributed by atoms with Crippen LogP contribution in [0.1, 0.15) is 30.0 Å². The summed E-state index contributed by atoms with van der Waals surface area (Å²) in [5, 5.41) is 8.01. The molecule has 2 atom stereocenters. The van der Waals surface area contributed by atoms with Crippen LogP contribution in [0.3, 0.4) is 0 Å². The van der Waals surface area contributed by atoms with Gasteiger partial charge in [0.05, 0.1) is 23.6 Å². The van der Waals surface area contributed by atoms with Gasteiger partial charge in [0.1, 0.15) is 17.6 Å². The topological polar surface area (TPSA) is 99.9 Å². The van der Waals surface area contributed by atoms with Gasteiger partial charge in [-0.25, -0.2) is 19.3 Å². The highest BCUT2D eigenvalue weighted by molar-refractivity contribution is 8.01. The summed E-state index contributed by atoms with van der Waals surface area (Å²) in [6.45, 7) is 3.73. The molecule has 0 fully saturated rings. The van der Waals surface area contributed by atoms with Crippen LogP contribution in [0, 0.1) is 12.7 Å². The molecule has 0 aliphatic rings. The van der Waals surface area contributed by atoms with E-state index in [1.165, 1.54) is 36.8 Å². The first-order valence-electron chi connectivity index (χ1n) is 11.2. The van der Waals surface area contributed by atoms with Gasteiger partial charge in [-0.2, -0.15) is 13.2 Å². The number of nitrogens with one attached hydrogen (secondary N) is 1. The molecule has 4 aromatic rings. The van der Waals surface area contributed by atoms with Crippen LogP contribution in [0.15, 0.2) is 48.8 Å². The number of aromatic nitrogens is 6. The van der Waals surface area contributed by atoms with E-state index in [-0.39, 0.29) is 34.3 Å². The van der Waals surface area contributed by atoms with Crippen molar-refractivity contribution < 1.29 is 27.0 Å². The Bertz CT molecular complexity index is 1400. The zero-order chi connectivity index (χ0) is 27.4. The van der Waals surface area contributed by atoms with Crippen molar-refractivity contribution in [2.75, 3.05) is 18.9 Å². The number of halogens is 4. The molecular weight excluding hydrogens is 526 g/mol. The molecule has 0 bridgehead atoms. The van der Waals surface area contributed by atoms with Gasteiger partial charge in [-0.3, -0.25) is 9.29 Å². The fourth-order valence-corrected chi connectivity index (χ4v) is 4.33. The highest BCUT2D eigenvalue weighted by atomic mass is 32.2. The molecule has 38 heavy (non-hydrogen) atoms. The molecule has 14 heteroatoms. The van der Waals surface area contributed by atoms with Crippen LogP contribution in [-0.4, -0.2) is 49.2 Å². The van der Waals surface area contributed by atoms with E-state index in [1.807, 2.05) is 13.8 Å². The number of pyridine rings is 1. The summed E-state index contributed by atoms with van der Waals surface area (Å²) < 4.78 is 69.7. The number of anilines is 1. The first-order valence-corrected chi connectivity index (χ1v) is 12.1. The Morgan fingerprint density at radius 2 is 1.79 bits per heavy atom. The van der Waals surface area contributed by atoms with Crippen molar-refractivity contribution in [1.82, 2.24) is 29.7 Å². The van der Waals surface area contributed by atoms with Crippen LogP contribution in [-0.2, 0) is 10.9 Å². The predicted molar refractivity (Wildman–Crippen MR) is 133 cm³/mol. The van der Waals surface area contributed by atoms with Crippen LogP contribution in [0.2, 0.25) is 0 Å². The Morgan fingerprint density at radius 1 is 1.05 bits per heavy atom. The highest BCUT2D eigenvalue weighted by Gasteiger charge is 2.35. The third kappa shape index (κ3) is 5.86. The zero-order valence-electron chi connectivity index (χ0n) is 20.7. The van der Waals surface area contributed by atoms with Crippen molar-refractivity contribution in [3.05, 3.63) is 71.6 Å². The number of nitrogens with zero attached hydrogens (tertiary/aromatic N) is 6. The number of methoxy groups -OCH3 is 2. The smallest absolute Gasteiger partial charge is 0.419 e. The normalized spacial score (nSPS) is 13.3. The van der Waals surface area contributed by atoms with E-state index in [9.17, 15) is 17.6 Å². The predicted octanol–water partition coefficient (Wildman–Crippen LogP) is 5.43. The summed E-state index contributed by atoms with van der Waals surface area (Å²) >= 11 is 1.18. The number of rotatable bonds is 9. The van der Waals surface area contributed by atoms with Crippen LogP contribution in [0.25, 0.3) is 17.2 Å². The third-order valence-electron chi connectivity index (χ3n) is 5.41. The zero-order valence-corrected chi connectivity index (χ0v) is 21.5. The Kier molecular flexibility index (Phi) is 8.11. The van der Waals surface area contributed by atoms with Crippen molar-refractivity contribution in [2.24, 2.45) is 0 Å². The minimum absolute atomic E-state index is 0.0238. The second kappa shape index (κ2) is 11.3. The maximum Gasteiger partial charge on any atom is 0.419 e. The average Bonchev–Trinajstić information content (AvgIpc) is 3.32. The van der Waals surface area contributed by atoms with E-state index >= 15 is 0 Å². The summed E-state index contributed by atoms with van der Waals surface area (Å²) in [6, 6.07) is 7.51. The Morgan fingerprint density at radius 3 is 2.45 bits per heavy atom. The standard InChI is InChI=1S/C24H23F4N7O2S/c1-13-11-29-21(30-12-13)20(37-4)14(2)38-34-23-33-32-22(18-6-5-7-19(31-18)36-3)35(23)15-8-9-17(25)16(10-15)24(26,27)28/h5-12,14,20H,1-4H3,(H,33,34). The van der Waals surface area contributed by atoms with Gasteiger partial charge in [-0.15, -0.1) is 10.2 Å². The lowest BCUT2D eigenvalue weighted by Crippen LogP contribution is -2.19. The SMILES string of the molecule is COc1cccc(-c2nnc(NSC(C)C(OC)c3ncc(C)cn3)n2-c2ccc(F)c(C(F)(F)F)c2)n1. The van der Waals surface area contributed by atoms with Crippen LogP contribution < -0.4 is 9.46 Å². The first-order chi connectivity index (χ1) is 18.1. The van der Waals surface area contributed by atoms with Gasteiger partial charge in [0.2, 0.25) is 11.8 Å². The monoisotopic (exact) mass is 549 g/mol. The summed E-state index contributed by atoms with van der Waals surface area (Å²) in [5.74, 6) is -0.457. The summed E-state index contributed by atoms with van der Waals surface area (Å²) in [6.07, 6.45) is -2.06. The number of alkyl halides is 3. The molecule has 9 nitrogen and oxygen atoms in total. The van der Waals surface area contributed by atoms with Crippen LogP contribution in [0.5, 0.6) is 5.88 Å².